The molecule has 1 aromatic carbocycles. The molecule has 5 nitrogen and oxygen atoms in total. The molecular weight excluding hydrogens is 258 g/mol. The fraction of sp³-hybridized carbons (Fsp3) is 0.133. The molecule has 0 amide bonds. The summed E-state index contributed by atoms with van der Waals surface area (Å²) < 4.78 is 0. The molecule has 1 heterocycles. The number of carboxylic acids is 2. The zero-order chi connectivity index (χ0) is 14.5. The van der Waals surface area contributed by atoms with Crippen molar-refractivity contribution in [3.05, 3.63) is 65.5 Å². The lowest BCUT2D eigenvalue weighted by Gasteiger charge is -2.13. The summed E-state index contributed by atoms with van der Waals surface area (Å²) in [6.45, 7) is 0. The second kappa shape index (κ2) is 5.97. The number of aliphatic carboxylic acids is 1. The van der Waals surface area contributed by atoms with Gasteiger partial charge in [-0.1, -0.05) is 30.3 Å². The Hall–Kier alpha value is -2.69. The lowest BCUT2D eigenvalue weighted by atomic mass is 9.92. The molecule has 2 N–H and O–H groups in total. The average molecular weight is 271 g/mol. The van der Waals surface area contributed by atoms with Crippen molar-refractivity contribution in [3.8, 4) is 0 Å². The largest absolute Gasteiger partial charge is 0.481 e. The molecule has 0 saturated carbocycles. The van der Waals surface area contributed by atoms with Crippen LogP contribution in [-0.4, -0.2) is 27.1 Å². The zero-order valence-electron chi connectivity index (χ0n) is 10.6. The number of benzene rings is 1. The van der Waals surface area contributed by atoms with Crippen LogP contribution < -0.4 is 0 Å². The van der Waals surface area contributed by atoms with Crippen molar-refractivity contribution in [2.75, 3.05) is 0 Å². The number of carboxylic acid groups (broad SMARTS) is 2. The Morgan fingerprint density at radius 3 is 2.40 bits per heavy atom. The predicted octanol–water partition coefficient (Wildman–Crippen LogP) is 2.19. The molecule has 0 saturated heterocycles. The molecule has 1 unspecified atom stereocenters. The van der Waals surface area contributed by atoms with Gasteiger partial charge in [-0.15, -0.1) is 0 Å². The van der Waals surface area contributed by atoms with Crippen molar-refractivity contribution >= 4 is 11.9 Å². The summed E-state index contributed by atoms with van der Waals surface area (Å²) in [6.07, 6.45) is 2.89. The van der Waals surface area contributed by atoms with Crippen molar-refractivity contribution in [2.24, 2.45) is 0 Å². The maximum absolute atomic E-state index is 11.4. The number of pyridine rings is 1. The van der Waals surface area contributed by atoms with E-state index in [1.807, 2.05) is 30.3 Å². The van der Waals surface area contributed by atoms with Crippen molar-refractivity contribution in [1.82, 2.24) is 4.98 Å². The van der Waals surface area contributed by atoms with Crippen molar-refractivity contribution in [1.29, 1.82) is 0 Å². The number of carbonyl (C=O) groups is 2. The van der Waals surface area contributed by atoms with Crippen molar-refractivity contribution in [2.45, 2.75) is 12.3 Å². The Morgan fingerprint density at radius 1 is 1.10 bits per heavy atom. The minimum atomic E-state index is -1.12. The normalized spacial score (nSPS) is 11.8. The fourth-order valence-electron chi connectivity index (χ4n) is 1.96. The lowest BCUT2D eigenvalue weighted by molar-refractivity contribution is -0.138. The summed E-state index contributed by atoms with van der Waals surface area (Å²) in [5, 5.41) is 18.3. The van der Waals surface area contributed by atoms with Gasteiger partial charge >= 0.3 is 11.9 Å². The van der Waals surface area contributed by atoms with E-state index < -0.39 is 17.9 Å². The molecule has 2 aromatic rings. The fourth-order valence-corrected chi connectivity index (χ4v) is 1.96. The van der Waals surface area contributed by atoms with Crippen LogP contribution in [0.4, 0.5) is 0 Å². The molecular formula is C15H13NO4. The third kappa shape index (κ3) is 3.20. The highest BCUT2D eigenvalue weighted by Gasteiger charge is 2.21. The Kier molecular flexibility index (Phi) is 4.10. The van der Waals surface area contributed by atoms with Crippen LogP contribution in [0.15, 0.2) is 48.8 Å². The van der Waals surface area contributed by atoms with Crippen LogP contribution in [0.25, 0.3) is 0 Å². The van der Waals surface area contributed by atoms with Crippen molar-refractivity contribution < 1.29 is 19.8 Å². The van der Waals surface area contributed by atoms with Crippen LogP contribution in [-0.2, 0) is 11.2 Å². The van der Waals surface area contributed by atoms with Crippen LogP contribution >= 0.6 is 0 Å². The molecule has 1 atom stereocenters. The molecule has 20 heavy (non-hydrogen) atoms. The molecule has 0 fully saturated rings. The van der Waals surface area contributed by atoms with E-state index in [1.54, 1.807) is 0 Å². The highest BCUT2D eigenvalue weighted by molar-refractivity contribution is 5.88. The van der Waals surface area contributed by atoms with Gasteiger partial charge in [0, 0.05) is 12.4 Å². The lowest BCUT2D eigenvalue weighted by Crippen LogP contribution is -2.15. The van der Waals surface area contributed by atoms with Gasteiger partial charge in [0.1, 0.15) is 0 Å². The minimum Gasteiger partial charge on any atom is -0.481 e. The van der Waals surface area contributed by atoms with Gasteiger partial charge in [0.2, 0.25) is 0 Å². The van der Waals surface area contributed by atoms with E-state index >= 15 is 0 Å². The zero-order valence-corrected chi connectivity index (χ0v) is 10.6. The Morgan fingerprint density at radius 2 is 1.80 bits per heavy atom. The maximum atomic E-state index is 11.4. The van der Waals surface area contributed by atoms with E-state index in [1.165, 1.54) is 18.5 Å². The molecule has 1 aromatic heterocycles. The molecule has 102 valence electrons. The molecule has 0 aliphatic heterocycles. The molecule has 0 spiro atoms. The van der Waals surface area contributed by atoms with E-state index in [2.05, 4.69) is 4.98 Å². The molecule has 5 heteroatoms. The number of aromatic nitrogens is 1. The van der Waals surface area contributed by atoms with Crippen LogP contribution in [0, 0.1) is 0 Å². The van der Waals surface area contributed by atoms with Crippen LogP contribution in [0.1, 0.15) is 27.4 Å². The Bertz CT molecular complexity index is 625. The first-order valence-electron chi connectivity index (χ1n) is 6.03. The summed E-state index contributed by atoms with van der Waals surface area (Å²) >= 11 is 0. The van der Waals surface area contributed by atoms with Gasteiger partial charge < -0.3 is 10.2 Å². The van der Waals surface area contributed by atoms with E-state index in [0.29, 0.717) is 12.0 Å². The molecule has 2 rings (SSSR count). The van der Waals surface area contributed by atoms with E-state index in [4.69, 9.17) is 5.11 Å². The standard InChI is InChI=1S/C15H13NO4/c17-14(18)12-7-11(8-16-9-12)13(15(19)20)6-10-4-2-1-3-5-10/h1-5,7-9,13H,6H2,(H,17,18)(H,19,20). The number of aromatic carboxylic acids is 1. The summed E-state index contributed by atoms with van der Waals surface area (Å²) in [7, 11) is 0. The third-order valence-corrected chi connectivity index (χ3v) is 2.99. The van der Waals surface area contributed by atoms with Crippen LogP contribution in [0.2, 0.25) is 0 Å². The van der Waals surface area contributed by atoms with Gasteiger partial charge in [-0.05, 0) is 23.6 Å². The minimum absolute atomic E-state index is 0.0122. The SMILES string of the molecule is O=C(O)c1cncc(C(Cc2ccccc2)C(=O)O)c1. The van der Waals surface area contributed by atoms with Gasteiger partial charge in [0.05, 0.1) is 11.5 Å². The van der Waals surface area contributed by atoms with E-state index in [-0.39, 0.29) is 5.56 Å². The molecule has 0 aliphatic rings. The second-order valence-electron chi connectivity index (χ2n) is 4.39. The van der Waals surface area contributed by atoms with Gasteiger partial charge in [-0.25, -0.2) is 4.79 Å². The topological polar surface area (TPSA) is 87.5 Å². The number of rotatable bonds is 5. The van der Waals surface area contributed by atoms with E-state index in [9.17, 15) is 14.7 Å². The number of nitrogens with zero attached hydrogens (tertiary/aromatic N) is 1. The van der Waals surface area contributed by atoms with Crippen molar-refractivity contribution in [3.63, 3.8) is 0 Å². The van der Waals surface area contributed by atoms with Gasteiger partial charge in [0.25, 0.3) is 0 Å². The second-order valence-corrected chi connectivity index (χ2v) is 4.39. The van der Waals surface area contributed by atoms with Crippen LogP contribution in [0.5, 0.6) is 0 Å². The number of hydrogen-bond acceptors (Lipinski definition) is 3. The molecule has 0 radical (unpaired) electrons. The highest BCUT2D eigenvalue weighted by atomic mass is 16.4. The summed E-state index contributed by atoms with van der Waals surface area (Å²) in [5.41, 5.74) is 1.25. The monoisotopic (exact) mass is 271 g/mol. The van der Waals surface area contributed by atoms with Gasteiger partial charge in [0.15, 0.2) is 0 Å². The first-order chi connectivity index (χ1) is 9.58. The Balaban J connectivity index is 2.31. The maximum Gasteiger partial charge on any atom is 0.337 e. The first-order valence-corrected chi connectivity index (χ1v) is 6.03. The highest BCUT2D eigenvalue weighted by Crippen LogP contribution is 2.21. The summed E-state index contributed by atoms with van der Waals surface area (Å²) in [6, 6.07) is 10.6. The number of hydrogen-bond donors (Lipinski definition) is 2. The van der Waals surface area contributed by atoms with E-state index in [0.717, 1.165) is 5.56 Å². The summed E-state index contributed by atoms with van der Waals surface area (Å²) in [4.78, 5) is 26.1. The first kappa shape index (κ1) is 13.7. The summed E-state index contributed by atoms with van der Waals surface area (Å²) in [5.74, 6) is -2.94. The molecule has 0 aliphatic carbocycles. The van der Waals surface area contributed by atoms with Gasteiger partial charge in [-0.2, -0.15) is 0 Å². The Labute approximate surface area is 115 Å². The average Bonchev–Trinajstić information content (AvgIpc) is 2.45. The predicted molar refractivity (Wildman–Crippen MR) is 71.7 cm³/mol. The smallest absolute Gasteiger partial charge is 0.337 e. The molecule has 0 bridgehead atoms. The third-order valence-electron chi connectivity index (χ3n) is 2.99. The van der Waals surface area contributed by atoms with Crippen LogP contribution in [0.3, 0.4) is 0 Å². The quantitative estimate of drug-likeness (QED) is 0.870. The van der Waals surface area contributed by atoms with Gasteiger partial charge in [-0.3, -0.25) is 9.78 Å².